The minimum Gasteiger partial charge on any atom is -0.461 e. The number of hydrogen-bond donors (Lipinski definition) is 2. The lowest BCUT2D eigenvalue weighted by molar-refractivity contribution is -0.131. The number of rotatable bonds is 5. The number of ether oxygens (including phenoxy) is 1. The highest BCUT2D eigenvalue weighted by molar-refractivity contribution is 7.13. The van der Waals surface area contributed by atoms with Crippen LogP contribution >= 0.6 is 11.3 Å². The molecule has 2 rings (SSSR count). The Morgan fingerprint density at radius 1 is 1.23 bits per heavy atom. The number of anilines is 1. The van der Waals surface area contributed by atoms with E-state index in [9.17, 15) is 9.59 Å². The maximum Gasteiger partial charge on any atom is 0.288 e. The number of nitrogens with zero attached hydrogens (tertiary/aromatic N) is 1. The molecule has 22 heavy (non-hydrogen) atoms. The number of carbonyl (C=O) groups excluding carboxylic acids is 2. The van der Waals surface area contributed by atoms with Gasteiger partial charge in [0.1, 0.15) is 5.75 Å². The molecular weight excluding hydrogens is 302 g/mol. The quantitative estimate of drug-likeness (QED) is 0.828. The second kappa shape index (κ2) is 7.04. The van der Waals surface area contributed by atoms with Gasteiger partial charge in [0.05, 0.1) is 0 Å². The molecule has 1 atom stereocenters. The first-order valence-electron chi connectivity index (χ1n) is 6.66. The lowest BCUT2D eigenvalue weighted by atomic mass is 10.1. The Labute approximate surface area is 132 Å². The van der Waals surface area contributed by atoms with E-state index in [-0.39, 0.29) is 5.91 Å². The first kappa shape index (κ1) is 16.0. The van der Waals surface area contributed by atoms with Gasteiger partial charge in [0, 0.05) is 18.5 Å². The molecular formula is C15H17N3O3S. The van der Waals surface area contributed by atoms with Crippen LogP contribution in [0.2, 0.25) is 0 Å². The smallest absolute Gasteiger partial charge is 0.288 e. The Morgan fingerprint density at radius 3 is 2.45 bits per heavy atom. The molecule has 0 aliphatic heterocycles. The molecule has 0 saturated carbocycles. The van der Waals surface area contributed by atoms with Crippen LogP contribution in [0.5, 0.6) is 5.75 Å². The van der Waals surface area contributed by atoms with E-state index in [4.69, 9.17) is 4.74 Å². The summed E-state index contributed by atoms with van der Waals surface area (Å²) in [4.78, 5) is 27.5. The highest BCUT2D eigenvalue weighted by Gasteiger charge is 2.22. The largest absolute Gasteiger partial charge is 0.461 e. The maximum atomic E-state index is 12.2. The van der Waals surface area contributed by atoms with Crippen LogP contribution in [0.3, 0.4) is 0 Å². The van der Waals surface area contributed by atoms with Crippen LogP contribution in [0, 0.1) is 13.8 Å². The van der Waals surface area contributed by atoms with Crippen LogP contribution in [-0.2, 0) is 9.59 Å². The minimum absolute atomic E-state index is 0.358. The predicted molar refractivity (Wildman–Crippen MR) is 84.9 cm³/mol. The van der Waals surface area contributed by atoms with Gasteiger partial charge >= 0.3 is 0 Å². The Bertz CT molecular complexity index is 650. The van der Waals surface area contributed by atoms with Gasteiger partial charge in [0.25, 0.3) is 12.1 Å². The molecule has 0 aliphatic carbocycles. The Hall–Kier alpha value is -2.41. The number of nitrogens with one attached hydrogen (secondary N) is 2. The van der Waals surface area contributed by atoms with Gasteiger partial charge in [-0.2, -0.15) is 0 Å². The molecule has 1 aromatic heterocycles. The first-order chi connectivity index (χ1) is 10.4. The normalized spacial score (nSPS) is 11.6. The highest BCUT2D eigenvalue weighted by atomic mass is 32.1. The van der Waals surface area contributed by atoms with Gasteiger partial charge in [-0.15, -0.1) is 11.3 Å². The molecule has 2 N–H and O–H groups in total. The molecule has 1 aromatic carbocycles. The van der Waals surface area contributed by atoms with E-state index >= 15 is 0 Å². The zero-order valence-electron chi connectivity index (χ0n) is 12.5. The fourth-order valence-corrected chi connectivity index (χ4v) is 2.46. The fraction of sp³-hybridized carbons (Fsp3) is 0.267. The summed E-state index contributed by atoms with van der Waals surface area (Å²) < 4.78 is 5.63. The van der Waals surface area contributed by atoms with E-state index in [2.05, 4.69) is 15.6 Å². The monoisotopic (exact) mass is 319 g/mol. The van der Waals surface area contributed by atoms with Gasteiger partial charge in [-0.25, -0.2) is 4.98 Å². The van der Waals surface area contributed by atoms with Crippen molar-refractivity contribution in [2.75, 3.05) is 5.32 Å². The second-order valence-corrected chi connectivity index (χ2v) is 5.74. The number of aryl methyl sites for hydroxylation is 2. The number of hydrogen-bond acceptors (Lipinski definition) is 5. The number of carbonyl (C=O) groups is 2. The molecule has 0 radical (unpaired) electrons. The topological polar surface area (TPSA) is 80.3 Å². The zero-order chi connectivity index (χ0) is 16.1. The van der Waals surface area contributed by atoms with Crippen molar-refractivity contribution in [3.63, 3.8) is 0 Å². The molecule has 0 saturated heterocycles. The van der Waals surface area contributed by atoms with Crippen LogP contribution < -0.4 is 15.4 Å². The average molecular weight is 319 g/mol. The van der Waals surface area contributed by atoms with Crippen LogP contribution in [0.25, 0.3) is 0 Å². The highest BCUT2D eigenvalue weighted by Crippen LogP contribution is 2.18. The molecule has 0 bridgehead atoms. The number of aromatic nitrogens is 1. The van der Waals surface area contributed by atoms with Gasteiger partial charge in [-0.3, -0.25) is 14.9 Å². The summed E-state index contributed by atoms with van der Waals surface area (Å²) in [6.45, 7) is 5.19. The summed E-state index contributed by atoms with van der Waals surface area (Å²) in [7, 11) is 0. The van der Waals surface area contributed by atoms with Crippen LogP contribution in [0.1, 0.15) is 18.1 Å². The van der Waals surface area contributed by atoms with Crippen molar-refractivity contribution in [3.05, 3.63) is 40.9 Å². The summed E-state index contributed by atoms with van der Waals surface area (Å²) in [5, 5.41) is 7.28. The molecule has 0 spiro atoms. The van der Waals surface area contributed by atoms with Crippen LogP contribution in [0.15, 0.2) is 29.8 Å². The Kier molecular flexibility index (Phi) is 5.11. The Balaban J connectivity index is 2.14. The van der Waals surface area contributed by atoms with Gasteiger partial charge in [0.2, 0.25) is 5.91 Å². The SMILES string of the molecule is CC(=O)NC(Oc1cc(C)cc(C)c1)C(=O)Nc1nccs1. The van der Waals surface area contributed by atoms with Crippen molar-refractivity contribution in [1.82, 2.24) is 10.3 Å². The standard InChI is InChI=1S/C15H17N3O3S/c1-9-6-10(2)8-12(7-9)21-14(17-11(3)19)13(20)18-15-16-4-5-22-15/h4-8,14H,1-3H3,(H,17,19)(H,16,18,20). The van der Waals surface area contributed by atoms with Gasteiger partial charge in [-0.1, -0.05) is 6.07 Å². The van der Waals surface area contributed by atoms with Crippen LogP contribution in [-0.4, -0.2) is 23.0 Å². The summed E-state index contributed by atoms with van der Waals surface area (Å²) >= 11 is 1.29. The molecule has 116 valence electrons. The molecule has 6 nitrogen and oxygen atoms in total. The number of benzene rings is 1. The molecule has 0 aliphatic rings. The van der Waals surface area contributed by atoms with Crippen molar-refractivity contribution in [3.8, 4) is 5.75 Å². The lowest BCUT2D eigenvalue weighted by Crippen LogP contribution is -2.46. The molecule has 1 heterocycles. The predicted octanol–water partition coefficient (Wildman–Crippen LogP) is 2.24. The van der Waals surface area contributed by atoms with E-state index in [1.807, 2.05) is 19.9 Å². The van der Waals surface area contributed by atoms with Gasteiger partial charge in [0.15, 0.2) is 5.13 Å². The van der Waals surface area contributed by atoms with Crippen molar-refractivity contribution in [2.24, 2.45) is 0 Å². The third-order valence-electron chi connectivity index (χ3n) is 2.68. The average Bonchev–Trinajstić information content (AvgIpc) is 2.89. The molecule has 2 amide bonds. The van der Waals surface area contributed by atoms with Gasteiger partial charge in [-0.05, 0) is 37.1 Å². The molecule has 2 aromatic rings. The summed E-state index contributed by atoms with van der Waals surface area (Å²) in [6, 6.07) is 5.60. The minimum atomic E-state index is -1.12. The summed E-state index contributed by atoms with van der Waals surface area (Å²) in [6.07, 6.45) is 0.459. The van der Waals surface area contributed by atoms with E-state index < -0.39 is 12.1 Å². The Morgan fingerprint density at radius 2 is 1.91 bits per heavy atom. The van der Waals surface area contributed by atoms with Gasteiger partial charge < -0.3 is 10.1 Å². The summed E-state index contributed by atoms with van der Waals surface area (Å²) in [5.74, 6) is -0.321. The molecule has 1 unspecified atom stereocenters. The fourth-order valence-electron chi connectivity index (χ4n) is 1.93. The zero-order valence-corrected chi connectivity index (χ0v) is 13.4. The maximum absolute atomic E-state index is 12.2. The van der Waals surface area contributed by atoms with E-state index in [1.54, 1.807) is 23.7 Å². The van der Waals surface area contributed by atoms with E-state index in [0.29, 0.717) is 10.9 Å². The number of thiazole rings is 1. The molecule has 7 heteroatoms. The number of amides is 2. The first-order valence-corrected chi connectivity index (χ1v) is 7.54. The van der Waals surface area contributed by atoms with E-state index in [1.165, 1.54) is 18.3 Å². The van der Waals surface area contributed by atoms with Crippen molar-refractivity contribution >= 4 is 28.3 Å². The van der Waals surface area contributed by atoms with Crippen LogP contribution in [0.4, 0.5) is 5.13 Å². The lowest BCUT2D eigenvalue weighted by Gasteiger charge is -2.19. The third kappa shape index (κ3) is 4.56. The van der Waals surface area contributed by atoms with Crippen molar-refractivity contribution in [1.29, 1.82) is 0 Å². The third-order valence-corrected chi connectivity index (χ3v) is 3.37. The summed E-state index contributed by atoms with van der Waals surface area (Å²) in [5.41, 5.74) is 2.02. The second-order valence-electron chi connectivity index (χ2n) is 4.85. The van der Waals surface area contributed by atoms with Crippen molar-refractivity contribution in [2.45, 2.75) is 27.0 Å². The van der Waals surface area contributed by atoms with Crippen molar-refractivity contribution < 1.29 is 14.3 Å². The van der Waals surface area contributed by atoms with E-state index in [0.717, 1.165) is 11.1 Å². The molecule has 0 fully saturated rings.